The fourth-order valence-corrected chi connectivity index (χ4v) is 2.51. The predicted octanol–water partition coefficient (Wildman–Crippen LogP) is 1.95. The molecular formula is C20H34N4O2. The topological polar surface area (TPSA) is 55.9 Å². The molecule has 0 saturated heterocycles. The first-order chi connectivity index (χ1) is 12.0. The van der Waals surface area contributed by atoms with Crippen LogP contribution in [0.15, 0.2) is 24.3 Å². The minimum atomic E-state index is -0.268. The SMILES string of the molecule is CCN(CC(=O)NC(C)(C)C)CC(=O)N(C)Cc1ccc(N(C)C)cc1. The standard InChI is InChI=1S/C20H34N4O2/c1-8-24(14-18(25)21-20(2,3)4)15-19(26)23(7)13-16-9-11-17(12-10-16)22(5)6/h9-12H,8,13-15H2,1-7H3,(H,21,25). The Kier molecular flexibility index (Phi) is 8.08. The minimum Gasteiger partial charge on any atom is -0.378 e. The Hall–Kier alpha value is -2.08. The first kappa shape index (κ1) is 22.0. The van der Waals surface area contributed by atoms with Crippen LogP contribution in [0, 0.1) is 0 Å². The van der Waals surface area contributed by atoms with E-state index in [0.717, 1.165) is 11.3 Å². The number of nitrogens with one attached hydrogen (secondary N) is 1. The van der Waals surface area contributed by atoms with Crippen LogP contribution in [0.25, 0.3) is 0 Å². The molecule has 0 spiro atoms. The van der Waals surface area contributed by atoms with Crippen LogP contribution in [0.5, 0.6) is 0 Å². The third-order valence-corrected chi connectivity index (χ3v) is 3.99. The molecule has 1 N–H and O–H groups in total. The molecule has 0 aliphatic rings. The number of benzene rings is 1. The van der Waals surface area contributed by atoms with Crippen LogP contribution in [-0.2, 0) is 16.1 Å². The van der Waals surface area contributed by atoms with Gasteiger partial charge in [0.05, 0.1) is 13.1 Å². The Balaban J connectivity index is 2.56. The molecule has 0 bridgehead atoms. The number of carbonyl (C=O) groups excluding carboxylic acids is 2. The van der Waals surface area contributed by atoms with Gasteiger partial charge in [0.25, 0.3) is 0 Å². The first-order valence-electron chi connectivity index (χ1n) is 9.05. The van der Waals surface area contributed by atoms with Gasteiger partial charge in [-0.2, -0.15) is 0 Å². The third kappa shape index (κ3) is 7.87. The third-order valence-electron chi connectivity index (χ3n) is 3.99. The number of likely N-dealkylation sites (N-methyl/N-ethyl adjacent to an activating group) is 2. The summed E-state index contributed by atoms with van der Waals surface area (Å²) >= 11 is 0. The van der Waals surface area contributed by atoms with Gasteiger partial charge < -0.3 is 15.1 Å². The Labute approximate surface area is 158 Å². The first-order valence-corrected chi connectivity index (χ1v) is 9.05. The van der Waals surface area contributed by atoms with E-state index in [2.05, 4.69) is 5.32 Å². The van der Waals surface area contributed by atoms with E-state index in [9.17, 15) is 9.59 Å². The monoisotopic (exact) mass is 362 g/mol. The van der Waals surface area contributed by atoms with Gasteiger partial charge in [-0.15, -0.1) is 0 Å². The highest BCUT2D eigenvalue weighted by Crippen LogP contribution is 2.13. The van der Waals surface area contributed by atoms with Gasteiger partial charge in [0.2, 0.25) is 11.8 Å². The van der Waals surface area contributed by atoms with Gasteiger partial charge in [-0.3, -0.25) is 14.5 Å². The van der Waals surface area contributed by atoms with Crippen molar-refractivity contribution in [2.24, 2.45) is 0 Å². The predicted molar refractivity (Wildman–Crippen MR) is 107 cm³/mol. The summed E-state index contributed by atoms with van der Waals surface area (Å²) in [5.74, 6) is -0.0545. The lowest BCUT2D eigenvalue weighted by atomic mass is 10.1. The lowest BCUT2D eigenvalue weighted by Gasteiger charge is -2.26. The number of rotatable bonds is 8. The zero-order chi connectivity index (χ0) is 19.9. The van der Waals surface area contributed by atoms with E-state index in [4.69, 9.17) is 0 Å². The summed E-state index contributed by atoms with van der Waals surface area (Å²) < 4.78 is 0. The van der Waals surface area contributed by atoms with E-state index in [1.807, 2.05) is 75.9 Å². The average Bonchev–Trinajstić information content (AvgIpc) is 2.52. The quantitative estimate of drug-likeness (QED) is 0.768. The van der Waals surface area contributed by atoms with Crippen LogP contribution in [0.3, 0.4) is 0 Å². The molecule has 0 atom stereocenters. The summed E-state index contributed by atoms with van der Waals surface area (Å²) in [4.78, 5) is 30.2. The molecule has 0 saturated carbocycles. The van der Waals surface area contributed by atoms with Crippen LogP contribution in [-0.4, -0.2) is 67.9 Å². The lowest BCUT2D eigenvalue weighted by Crippen LogP contribution is -2.48. The van der Waals surface area contributed by atoms with Gasteiger partial charge in [0.1, 0.15) is 0 Å². The van der Waals surface area contributed by atoms with E-state index in [1.165, 1.54) is 0 Å². The van der Waals surface area contributed by atoms with Gasteiger partial charge in [-0.25, -0.2) is 0 Å². The van der Waals surface area contributed by atoms with Crippen molar-refractivity contribution >= 4 is 17.5 Å². The molecule has 6 nitrogen and oxygen atoms in total. The summed E-state index contributed by atoms with van der Waals surface area (Å²) in [7, 11) is 5.80. The molecule has 0 aromatic heterocycles. The summed E-state index contributed by atoms with van der Waals surface area (Å²) in [5, 5.41) is 2.93. The number of amides is 2. The number of nitrogens with zero attached hydrogens (tertiary/aromatic N) is 3. The highest BCUT2D eigenvalue weighted by atomic mass is 16.2. The molecule has 6 heteroatoms. The van der Waals surface area contributed by atoms with Gasteiger partial charge in [-0.1, -0.05) is 19.1 Å². The molecule has 1 aromatic rings. The maximum Gasteiger partial charge on any atom is 0.236 e. The molecule has 26 heavy (non-hydrogen) atoms. The molecule has 0 fully saturated rings. The van der Waals surface area contributed by atoms with Crippen molar-refractivity contribution in [1.82, 2.24) is 15.1 Å². The zero-order valence-corrected chi connectivity index (χ0v) is 17.3. The van der Waals surface area contributed by atoms with Crippen molar-refractivity contribution in [2.45, 2.75) is 39.8 Å². The van der Waals surface area contributed by atoms with Crippen LogP contribution in [0.4, 0.5) is 5.69 Å². The van der Waals surface area contributed by atoms with Gasteiger partial charge in [-0.05, 0) is 45.0 Å². The summed E-state index contributed by atoms with van der Waals surface area (Å²) in [5.41, 5.74) is 1.94. The molecular weight excluding hydrogens is 328 g/mol. The number of carbonyl (C=O) groups is 2. The Morgan fingerprint density at radius 3 is 2.04 bits per heavy atom. The second-order valence-electron chi connectivity index (χ2n) is 7.91. The molecule has 2 amide bonds. The molecule has 0 heterocycles. The smallest absolute Gasteiger partial charge is 0.236 e. The molecule has 0 aliphatic heterocycles. The molecule has 146 valence electrons. The summed E-state index contributed by atoms with van der Waals surface area (Å²) in [6, 6.07) is 8.16. The van der Waals surface area contributed by atoms with E-state index in [0.29, 0.717) is 13.1 Å². The molecule has 0 aliphatic carbocycles. The van der Waals surface area contributed by atoms with Crippen molar-refractivity contribution in [1.29, 1.82) is 0 Å². The fraction of sp³-hybridized carbons (Fsp3) is 0.600. The van der Waals surface area contributed by atoms with Crippen molar-refractivity contribution in [3.05, 3.63) is 29.8 Å². The van der Waals surface area contributed by atoms with Crippen molar-refractivity contribution in [3.63, 3.8) is 0 Å². The summed E-state index contributed by atoms with van der Waals surface area (Å²) in [6.45, 7) is 9.46. The maximum absolute atomic E-state index is 12.5. The molecule has 0 radical (unpaired) electrons. The zero-order valence-electron chi connectivity index (χ0n) is 17.3. The normalized spacial score (nSPS) is 11.4. The second-order valence-corrected chi connectivity index (χ2v) is 7.91. The molecule has 0 unspecified atom stereocenters. The van der Waals surface area contributed by atoms with E-state index in [1.54, 1.807) is 11.9 Å². The van der Waals surface area contributed by atoms with Crippen molar-refractivity contribution in [2.75, 3.05) is 45.7 Å². The highest BCUT2D eigenvalue weighted by Gasteiger charge is 2.19. The molecule has 1 rings (SSSR count). The highest BCUT2D eigenvalue weighted by molar-refractivity contribution is 5.81. The van der Waals surface area contributed by atoms with Gasteiger partial charge in [0, 0.05) is 38.9 Å². The van der Waals surface area contributed by atoms with Crippen LogP contribution in [0.1, 0.15) is 33.3 Å². The largest absolute Gasteiger partial charge is 0.378 e. The van der Waals surface area contributed by atoms with E-state index < -0.39 is 0 Å². The van der Waals surface area contributed by atoms with E-state index in [-0.39, 0.29) is 30.4 Å². The van der Waals surface area contributed by atoms with Gasteiger partial charge in [0.15, 0.2) is 0 Å². The van der Waals surface area contributed by atoms with Crippen molar-refractivity contribution in [3.8, 4) is 0 Å². The van der Waals surface area contributed by atoms with E-state index >= 15 is 0 Å². The average molecular weight is 363 g/mol. The van der Waals surface area contributed by atoms with Crippen LogP contribution < -0.4 is 10.2 Å². The van der Waals surface area contributed by atoms with Crippen molar-refractivity contribution < 1.29 is 9.59 Å². The number of anilines is 1. The Bertz CT molecular complexity index is 591. The van der Waals surface area contributed by atoms with Crippen LogP contribution >= 0.6 is 0 Å². The molecule has 1 aromatic carbocycles. The Morgan fingerprint density at radius 2 is 1.58 bits per heavy atom. The van der Waals surface area contributed by atoms with Crippen LogP contribution in [0.2, 0.25) is 0 Å². The lowest BCUT2D eigenvalue weighted by molar-refractivity contribution is -0.132. The minimum absolute atomic E-state index is 0.00657. The maximum atomic E-state index is 12.5. The number of hydrogen-bond donors (Lipinski definition) is 1. The Morgan fingerprint density at radius 1 is 1.00 bits per heavy atom. The fourth-order valence-electron chi connectivity index (χ4n) is 2.51. The summed E-state index contributed by atoms with van der Waals surface area (Å²) in [6.07, 6.45) is 0. The second kappa shape index (κ2) is 9.57. The van der Waals surface area contributed by atoms with Gasteiger partial charge >= 0.3 is 0 Å². The number of hydrogen-bond acceptors (Lipinski definition) is 4.